The van der Waals surface area contributed by atoms with Crippen molar-refractivity contribution in [3.8, 4) is 0 Å². The molecule has 0 radical (unpaired) electrons. The number of halogens is 1. The van der Waals surface area contributed by atoms with Crippen LogP contribution in [0.5, 0.6) is 0 Å². The topological polar surface area (TPSA) is 16.1 Å². The van der Waals surface area contributed by atoms with E-state index in [4.69, 9.17) is 0 Å². The summed E-state index contributed by atoms with van der Waals surface area (Å²) in [4.78, 5) is 6.20. The number of pyridine rings is 1. The van der Waals surface area contributed by atoms with Gasteiger partial charge >= 0.3 is 0 Å². The Labute approximate surface area is 125 Å². The third-order valence-corrected chi connectivity index (χ3v) is 3.43. The van der Waals surface area contributed by atoms with Crippen LogP contribution < -0.4 is 0 Å². The molecule has 0 saturated carbocycles. The summed E-state index contributed by atoms with van der Waals surface area (Å²) in [5.74, 6) is -0.232. The molecule has 0 atom stereocenters. The van der Waals surface area contributed by atoms with E-state index >= 15 is 0 Å². The highest BCUT2D eigenvalue weighted by Crippen LogP contribution is 2.28. The molecule has 0 amide bonds. The van der Waals surface area contributed by atoms with Crippen molar-refractivity contribution in [2.75, 3.05) is 7.05 Å². The average molecular weight is 282 g/mol. The Balaban J connectivity index is 2.60. The first-order valence-electron chi connectivity index (χ1n) is 6.78. The van der Waals surface area contributed by atoms with E-state index in [0.29, 0.717) is 0 Å². The lowest BCUT2D eigenvalue weighted by Gasteiger charge is -2.22. The van der Waals surface area contributed by atoms with Crippen molar-refractivity contribution < 1.29 is 4.39 Å². The van der Waals surface area contributed by atoms with Gasteiger partial charge in [-0.1, -0.05) is 18.7 Å². The normalized spacial score (nSPS) is 11.8. The van der Waals surface area contributed by atoms with Crippen molar-refractivity contribution in [1.82, 2.24) is 9.88 Å². The zero-order chi connectivity index (χ0) is 15.4. The van der Waals surface area contributed by atoms with Crippen LogP contribution >= 0.6 is 0 Å². The van der Waals surface area contributed by atoms with Gasteiger partial charge in [0.05, 0.1) is 5.70 Å². The highest BCUT2D eigenvalue weighted by Gasteiger charge is 2.11. The Kier molecular flexibility index (Phi) is 4.53. The van der Waals surface area contributed by atoms with Gasteiger partial charge in [-0.25, -0.2) is 4.39 Å². The second-order valence-electron chi connectivity index (χ2n) is 4.96. The average Bonchev–Trinajstić information content (AvgIpc) is 2.48. The molecule has 2 rings (SSSR count). The minimum atomic E-state index is -0.232. The van der Waals surface area contributed by atoms with Gasteiger partial charge in [-0.2, -0.15) is 0 Å². The molecule has 2 nitrogen and oxygen atoms in total. The standard InChI is InChI=1S/C18H19FN2/c1-5-21(4)18(16-10-11-20-13(2)12-16)14(3)15-6-8-17(19)9-7-15/h5-12H,1H2,2-4H3/b18-14+. The number of nitrogens with zero attached hydrogens (tertiary/aromatic N) is 2. The van der Waals surface area contributed by atoms with Gasteiger partial charge < -0.3 is 4.90 Å². The predicted molar refractivity (Wildman–Crippen MR) is 85.8 cm³/mol. The fourth-order valence-corrected chi connectivity index (χ4v) is 2.31. The number of rotatable bonds is 4. The van der Waals surface area contributed by atoms with Crippen molar-refractivity contribution in [3.05, 3.63) is 78.0 Å². The first-order chi connectivity index (χ1) is 10.0. The van der Waals surface area contributed by atoms with Crippen molar-refractivity contribution in [3.63, 3.8) is 0 Å². The van der Waals surface area contributed by atoms with Gasteiger partial charge in [-0.3, -0.25) is 4.98 Å². The van der Waals surface area contributed by atoms with Crippen LogP contribution in [0.2, 0.25) is 0 Å². The summed E-state index contributed by atoms with van der Waals surface area (Å²) in [6.45, 7) is 7.82. The number of hydrogen-bond acceptors (Lipinski definition) is 2. The second kappa shape index (κ2) is 6.35. The molecule has 0 fully saturated rings. The summed E-state index contributed by atoms with van der Waals surface area (Å²) in [5.41, 5.74) is 5.08. The fraction of sp³-hybridized carbons (Fsp3) is 0.167. The molecule has 0 aliphatic carbocycles. The van der Waals surface area contributed by atoms with Gasteiger partial charge in [0.15, 0.2) is 0 Å². The number of aryl methyl sites for hydroxylation is 1. The Morgan fingerprint density at radius 3 is 2.43 bits per heavy atom. The molecule has 0 unspecified atom stereocenters. The van der Waals surface area contributed by atoms with E-state index in [1.807, 2.05) is 37.9 Å². The van der Waals surface area contributed by atoms with Crippen molar-refractivity contribution in [2.24, 2.45) is 0 Å². The molecule has 1 heterocycles. The highest BCUT2D eigenvalue weighted by atomic mass is 19.1. The zero-order valence-corrected chi connectivity index (χ0v) is 12.6. The number of hydrogen-bond donors (Lipinski definition) is 0. The Morgan fingerprint density at radius 2 is 1.86 bits per heavy atom. The monoisotopic (exact) mass is 282 g/mol. The molecule has 2 aromatic rings. The van der Waals surface area contributed by atoms with E-state index in [2.05, 4.69) is 11.6 Å². The van der Waals surface area contributed by atoms with Gasteiger partial charge in [-0.05, 0) is 55.4 Å². The summed E-state index contributed by atoms with van der Waals surface area (Å²) in [7, 11) is 1.95. The molecule has 0 aliphatic heterocycles. The minimum Gasteiger partial charge on any atom is -0.351 e. The lowest BCUT2D eigenvalue weighted by Crippen LogP contribution is -2.11. The van der Waals surface area contributed by atoms with E-state index in [0.717, 1.165) is 28.1 Å². The summed E-state index contributed by atoms with van der Waals surface area (Å²) in [5, 5.41) is 0. The maximum absolute atomic E-state index is 13.1. The Hall–Kier alpha value is -2.42. The molecule has 3 heteroatoms. The third-order valence-electron chi connectivity index (χ3n) is 3.43. The highest BCUT2D eigenvalue weighted by molar-refractivity contribution is 5.89. The molecule has 0 bridgehead atoms. The smallest absolute Gasteiger partial charge is 0.123 e. The maximum atomic E-state index is 13.1. The van der Waals surface area contributed by atoms with Crippen LogP contribution in [0.25, 0.3) is 11.3 Å². The first-order valence-corrected chi connectivity index (χ1v) is 6.78. The van der Waals surface area contributed by atoms with E-state index < -0.39 is 0 Å². The Bertz CT molecular complexity index is 672. The van der Waals surface area contributed by atoms with Crippen molar-refractivity contribution in [2.45, 2.75) is 13.8 Å². The van der Waals surface area contributed by atoms with E-state index in [9.17, 15) is 4.39 Å². The minimum absolute atomic E-state index is 0.232. The fourth-order valence-electron chi connectivity index (χ4n) is 2.31. The van der Waals surface area contributed by atoms with Crippen LogP contribution in [0.1, 0.15) is 23.7 Å². The van der Waals surface area contributed by atoms with Gasteiger partial charge in [0, 0.05) is 24.5 Å². The molecule has 0 aliphatic rings. The maximum Gasteiger partial charge on any atom is 0.123 e. The van der Waals surface area contributed by atoms with Gasteiger partial charge in [-0.15, -0.1) is 0 Å². The van der Waals surface area contributed by atoms with Crippen molar-refractivity contribution in [1.29, 1.82) is 0 Å². The SMILES string of the molecule is C=CN(C)/C(=C(\C)c1ccc(F)cc1)c1ccnc(C)c1. The molecule has 1 aromatic carbocycles. The lowest BCUT2D eigenvalue weighted by molar-refractivity contribution is 0.627. The van der Waals surface area contributed by atoms with E-state index in [1.54, 1.807) is 24.5 Å². The molecule has 0 saturated heterocycles. The van der Waals surface area contributed by atoms with Crippen LogP contribution in [-0.4, -0.2) is 16.9 Å². The molecule has 0 spiro atoms. The summed E-state index contributed by atoms with van der Waals surface area (Å²) in [6, 6.07) is 10.5. The summed E-state index contributed by atoms with van der Waals surface area (Å²) in [6.07, 6.45) is 3.55. The molecular weight excluding hydrogens is 263 g/mol. The first kappa shape index (κ1) is 15.0. The number of aromatic nitrogens is 1. The van der Waals surface area contributed by atoms with Crippen molar-refractivity contribution >= 4 is 11.3 Å². The van der Waals surface area contributed by atoms with Crippen LogP contribution in [0.15, 0.2) is 55.4 Å². The molecule has 0 N–H and O–H groups in total. The predicted octanol–water partition coefficient (Wildman–Crippen LogP) is 4.49. The molecule has 1 aromatic heterocycles. The van der Waals surface area contributed by atoms with Gasteiger partial charge in [0.25, 0.3) is 0 Å². The molecule has 108 valence electrons. The second-order valence-corrected chi connectivity index (χ2v) is 4.96. The summed E-state index contributed by atoms with van der Waals surface area (Å²) < 4.78 is 13.1. The third kappa shape index (κ3) is 3.37. The van der Waals surface area contributed by atoms with E-state index in [1.165, 1.54) is 12.1 Å². The van der Waals surface area contributed by atoms with Gasteiger partial charge in [0.2, 0.25) is 0 Å². The quantitative estimate of drug-likeness (QED) is 0.821. The lowest BCUT2D eigenvalue weighted by atomic mass is 10.00. The number of benzene rings is 1. The van der Waals surface area contributed by atoms with Crippen LogP contribution in [-0.2, 0) is 0 Å². The van der Waals surface area contributed by atoms with Gasteiger partial charge in [0.1, 0.15) is 5.82 Å². The van der Waals surface area contributed by atoms with Crippen LogP contribution in [0, 0.1) is 12.7 Å². The largest absolute Gasteiger partial charge is 0.351 e. The molecular formula is C18H19FN2. The zero-order valence-electron chi connectivity index (χ0n) is 12.6. The summed E-state index contributed by atoms with van der Waals surface area (Å²) >= 11 is 0. The Morgan fingerprint density at radius 1 is 1.19 bits per heavy atom. The van der Waals surface area contributed by atoms with E-state index in [-0.39, 0.29) is 5.82 Å². The van der Waals surface area contributed by atoms with Crippen LogP contribution in [0.3, 0.4) is 0 Å². The van der Waals surface area contributed by atoms with Crippen LogP contribution in [0.4, 0.5) is 4.39 Å². The molecule has 21 heavy (non-hydrogen) atoms. The number of allylic oxidation sites excluding steroid dienone is 1.